The van der Waals surface area contributed by atoms with Crippen molar-refractivity contribution < 1.29 is 13.2 Å². The van der Waals surface area contributed by atoms with Crippen LogP contribution in [-0.4, -0.2) is 54.6 Å². The third kappa shape index (κ3) is 4.12. The molecule has 1 aromatic heterocycles. The van der Waals surface area contributed by atoms with Gasteiger partial charge in [0, 0.05) is 19.1 Å². The van der Waals surface area contributed by atoms with E-state index in [0.29, 0.717) is 19.5 Å². The average Bonchev–Trinajstić information content (AvgIpc) is 2.36. The van der Waals surface area contributed by atoms with Crippen LogP contribution in [0.15, 0.2) is 12.4 Å². The number of halogens is 1. The second-order valence-electron chi connectivity index (χ2n) is 4.71. The third-order valence-corrected chi connectivity index (χ3v) is 3.86. The summed E-state index contributed by atoms with van der Waals surface area (Å²) in [7, 11) is -3.28. The number of likely N-dealkylation sites (tertiary alicyclic amines) is 1. The van der Waals surface area contributed by atoms with Crippen molar-refractivity contribution in [3.05, 3.63) is 23.2 Å². The molecule has 0 spiro atoms. The Morgan fingerprint density at radius 1 is 1.50 bits per heavy atom. The summed E-state index contributed by atoms with van der Waals surface area (Å²) in [6.07, 6.45) is 5.24. The van der Waals surface area contributed by atoms with Crippen LogP contribution in [0.25, 0.3) is 0 Å². The highest BCUT2D eigenvalue weighted by atomic mass is 35.5. The monoisotopic (exact) mass is 318 g/mol. The van der Waals surface area contributed by atoms with Crippen LogP contribution in [0.2, 0.25) is 5.15 Å². The topological polar surface area (TPSA) is 92.3 Å². The van der Waals surface area contributed by atoms with Crippen LogP contribution in [0.1, 0.15) is 23.3 Å². The first-order valence-electron chi connectivity index (χ1n) is 6.09. The first-order valence-corrected chi connectivity index (χ1v) is 8.36. The molecule has 110 valence electrons. The average molecular weight is 319 g/mol. The van der Waals surface area contributed by atoms with Gasteiger partial charge < -0.3 is 4.90 Å². The van der Waals surface area contributed by atoms with Gasteiger partial charge in [-0.05, 0) is 12.8 Å². The molecule has 1 unspecified atom stereocenters. The molecule has 0 radical (unpaired) electrons. The lowest BCUT2D eigenvalue weighted by molar-refractivity contribution is 0.0696. The molecule has 1 aromatic rings. The highest BCUT2D eigenvalue weighted by Gasteiger charge is 2.27. The number of nitrogens with zero attached hydrogens (tertiary/aromatic N) is 3. The van der Waals surface area contributed by atoms with Gasteiger partial charge in [-0.1, -0.05) is 11.6 Å². The molecule has 9 heteroatoms. The normalized spacial score (nSPS) is 19.9. The number of amides is 1. The molecule has 1 aliphatic heterocycles. The second kappa shape index (κ2) is 6.02. The lowest BCUT2D eigenvalue weighted by Gasteiger charge is -2.32. The molecule has 1 fully saturated rings. The fourth-order valence-electron chi connectivity index (χ4n) is 2.17. The van der Waals surface area contributed by atoms with Crippen LogP contribution in [-0.2, 0) is 10.0 Å². The fourth-order valence-corrected chi connectivity index (χ4v) is 3.11. The maximum absolute atomic E-state index is 12.3. The smallest absolute Gasteiger partial charge is 0.274 e. The minimum atomic E-state index is -3.28. The maximum atomic E-state index is 12.3. The zero-order valence-electron chi connectivity index (χ0n) is 10.9. The maximum Gasteiger partial charge on any atom is 0.274 e. The molecule has 1 saturated heterocycles. The number of nitrogens with one attached hydrogen (secondary N) is 1. The summed E-state index contributed by atoms with van der Waals surface area (Å²) >= 11 is 5.71. The van der Waals surface area contributed by atoms with Crippen LogP contribution < -0.4 is 4.72 Å². The predicted octanol–water partition coefficient (Wildman–Crippen LogP) is 0.284. The molecule has 20 heavy (non-hydrogen) atoms. The summed E-state index contributed by atoms with van der Waals surface area (Å²) in [5.74, 6) is -0.292. The van der Waals surface area contributed by atoms with Gasteiger partial charge in [-0.3, -0.25) is 9.78 Å². The second-order valence-corrected chi connectivity index (χ2v) is 6.87. The number of hydrogen-bond donors (Lipinski definition) is 1. The molecule has 1 N–H and O–H groups in total. The third-order valence-electron chi connectivity index (χ3n) is 2.91. The van der Waals surface area contributed by atoms with Crippen molar-refractivity contribution in [3.63, 3.8) is 0 Å². The van der Waals surface area contributed by atoms with Crippen LogP contribution in [0.5, 0.6) is 0 Å². The van der Waals surface area contributed by atoms with Crippen molar-refractivity contribution in [3.8, 4) is 0 Å². The van der Waals surface area contributed by atoms with Crippen LogP contribution in [0.4, 0.5) is 0 Å². The predicted molar refractivity (Wildman–Crippen MR) is 73.9 cm³/mol. The largest absolute Gasteiger partial charge is 0.336 e. The number of carbonyl (C=O) groups excluding carboxylic acids is 1. The lowest BCUT2D eigenvalue weighted by atomic mass is 10.1. The van der Waals surface area contributed by atoms with Gasteiger partial charge in [0.2, 0.25) is 10.0 Å². The van der Waals surface area contributed by atoms with E-state index in [4.69, 9.17) is 11.6 Å². The number of aromatic nitrogens is 2. The van der Waals surface area contributed by atoms with Gasteiger partial charge in [-0.15, -0.1) is 0 Å². The Morgan fingerprint density at radius 2 is 2.25 bits per heavy atom. The molecular weight excluding hydrogens is 304 g/mol. The zero-order chi connectivity index (χ0) is 14.8. The van der Waals surface area contributed by atoms with E-state index in [-0.39, 0.29) is 22.8 Å². The van der Waals surface area contributed by atoms with E-state index >= 15 is 0 Å². The molecule has 0 aromatic carbocycles. The number of piperidine rings is 1. The van der Waals surface area contributed by atoms with Gasteiger partial charge in [0.1, 0.15) is 10.8 Å². The summed E-state index contributed by atoms with van der Waals surface area (Å²) in [4.78, 5) is 21.6. The van der Waals surface area contributed by atoms with Gasteiger partial charge in [-0.25, -0.2) is 18.1 Å². The Labute approximate surface area is 122 Å². The molecule has 1 atom stereocenters. The number of hydrogen-bond acceptors (Lipinski definition) is 5. The SMILES string of the molecule is CS(=O)(=O)NC1CCCN(C(=O)c2cncc(Cl)n2)C1. The summed E-state index contributed by atoms with van der Waals surface area (Å²) in [6, 6.07) is -0.269. The van der Waals surface area contributed by atoms with Crippen molar-refractivity contribution in [2.75, 3.05) is 19.3 Å². The van der Waals surface area contributed by atoms with E-state index in [1.165, 1.54) is 12.4 Å². The van der Waals surface area contributed by atoms with E-state index < -0.39 is 10.0 Å². The van der Waals surface area contributed by atoms with Crippen molar-refractivity contribution in [2.24, 2.45) is 0 Å². The highest BCUT2D eigenvalue weighted by molar-refractivity contribution is 7.88. The van der Waals surface area contributed by atoms with E-state index in [0.717, 1.165) is 12.7 Å². The molecule has 1 aliphatic rings. The molecule has 2 rings (SSSR count). The van der Waals surface area contributed by atoms with E-state index in [1.54, 1.807) is 4.90 Å². The molecule has 7 nitrogen and oxygen atoms in total. The Bertz CT molecular complexity index is 607. The summed E-state index contributed by atoms with van der Waals surface area (Å²) < 4.78 is 25.0. The van der Waals surface area contributed by atoms with E-state index in [9.17, 15) is 13.2 Å². The number of carbonyl (C=O) groups is 1. The summed E-state index contributed by atoms with van der Waals surface area (Å²) in [5, 5.41) is 0.152. The Kier molecular flexibility index (Phi) is 4.56. The molecule has 0 saturated carbocycles. The Balaban J connectivity index is 2.07. The van der Waals surface area contributed by atoms with Gasteiger partial charge in [0.15, 0.2) is 0 Å². The van der Waals surface area contributed by atoms with Crippen LogP contribution in [0, 0.1) is 0 Å². The number of rotatable bonds is 3. The standard InChI is InChI=1S/C11H15ClN4O3S/c1-20(18,19)15-8-3-2-4-16(7-8)11(17)9-5-13-6-10(12)14-9/h5-6,8,15H,2-4,7H2,1H3. The van der Waals surface area contributed by atoms with Gasteiger partial charge in [-0.2, -0.15) is 0 Å². The van der Waals surface area contributed by atoms with E-state index in [2.05, 4.69) is 14.7 Å². The minimum Gasteiger partial charge on any atom is -0.336 e. The highest BCUT2D eigenvalue weighted by Crippen LogP contribution is 2.14. The lowest BCUT2D eigenvalue weighted by Crippen LogP contribution is -2.49. The zero-order valence-corrected chi connectivity index (χ0v) is 12.5. The van der Waals surface area contributed by atoms with Gasteiger partial charge in [0.25, 0.3) is 5.91 Å². The first kappa shape index (κ1) is 15.1. The summed E-state index contributed by atoms with van der Waals surface area (Å²) in [5.41, 5.74) is 0.164. The Morgan fingerprint density at radius 3 is 2.90 bits per heavy atom. The van der Waals surface area contributed by atoms with Crippen molar-refractivity contribution in [1.82, 2.24) is 19.6 Å². The van der Waals surface area contributed by atoms with Crippen molar-refractivity contribution >= 4 is 27.5 Å². The van der Waals surface area contributed by atoms with Gasteiger partial charge in [0.05, 0.1) is 18.6 Å². The van der Waals surface area contributed by atoms with Gasteiger partial charge >= 0.3 is 0 Å². The minimum absolute atomic E-state index is 0.152. The molecular formula is C11H15ClN4O3S. The number of sulfonamides is 1. The molecule has 0 aliphatic carbocycles. The van der Waals surface area contributed by atoms with Crippen molar-refractivity contribution in [2.45, 2.75) is 18.9 Å². The quantitative estimate of drug-likeness (QED) is 0.864. The Hall–Kier alpha value is -1.25. The summed E-state index contributed by atoms with van der Waals surface area (Å²) in [6.45, 7) is 0.884. The fraction of sp³-hybridized carbons (Fsp3) is 0.545. The molecule has 2 heterocycles. The first-order chi connectivity index (χ1) is 9.35. The molecule has 1 amide bonds. The van der Waals surface area contributed by atoms with E-state index in [1.807, 2.05) is 0 Å². The van der Waals surface area contributed by atoms with Crippen LogP contribution in [0.3, 0.4) is 0 Å². The van der Waals surface area contributed by atoms with Crippen LogP contribution >= 0.6 is 11.6 Å². The molecule has 0 bridgehead atoms. The van der Waals surface area contributed by atoms with Crippen molar-refractivity contribution in [1.29, 1.82) is 0 Å².